The summed E-state index contributed by atoms with van der Waals surface area (Å²) in [5.74, 6) is 0.917. The van der Waals surface area contributed by atoms with Crippen LogP contribution in [-0.4, -0.2) is 19.7 Å². The quantitative estimate of drug-likeness (QED) is 0.536. The van der Waals surface area contributed by atoms with E-state index in [4.69, 9.17) is 10.5 Å². The number of fused-ring (bicyclic) bond motifs is 2. The lowest BCUT2D eigenvalue weighted by Crippen LogP contribution is -2.22. The minimum Gasteiger partial charge on any atom is -0.489 e. The molecule has 1 aliphatic heterocycles. The van der Waals surface area contributed by atoms with Crippen LogP contribution in [0, 0.1) is 0 Å². The van der Waals surface area contributed by atoms with Gasteiger partial charge < -0.3 is 15.4 Å². The van der Waals surface area contributed by atoms with Crippen LogP contribution in [0.1, 0.15) is 26.7 Å². The third kappa shape index (κ3) is 4.39. The topological polar surface area (TPSA) is 38.5 Å². The van der Waals surface area contributed by atoms with E-state index in [1.807, 2.05) is 11.8 Å². The Labute approximate surface area is 154 Å². The van der Waals surface area contributed by atoms with Crippen LogP contribution in [-0.2, 0) is 0 Å². The zero-order valence-corrected chi connectivity index (χ0v) is 15.8. The van der Waals surface area contributed by atoms with Gasteiger partial charge in [-0.05, 0) is 63.6 Å². The van der Waals surface area contributed by atoms with Crippen molar-refractivity contribution in [2.75, 3.05) is 24.6 Å². The van der Waals surface area contributed by atoms with Gasteiger partial charge >= 0.3 is 0 Å². The summed E-state index contributed by atoms with van der Waals surface area (Å²) in [5, 5.41) is 0. The van der Waals surface area contributed by atoms with E-state index in [-0.39, 0.29) is 0 Å². The summed E-state index contributed by atoms with van der Waals surface area (Å²) in [5.41, 5.74) is 9.47. The Kier molecular flexibility index (Phi) is 6.05. The van der Waals surface area contributed by atoms with Gasteiger partial charge in [0.2, 0.25) is 0 Å². The second kappa shape index (κ2) is 8.45. The molecule has 0 atom stereocenters. The molecule has 1 heterocycles. The van der Waals surface area contributed by atoms with E-state index < -0.39 is 0 Å². The molecule has 0 aromatic heterocycles. The van der Waals surface area contributed by atoms with Gasteiger partial charge in [0.1, 0.15) is 12.4 Å². The summed E-state index contributed by atoms with van der Waals surface area (Å²) in [6.45, 7) is 6.49. The predicted octanol–water partition coefficient (Wildman–Crippen LogP) is 5.37. The molecule has 0 spiro atoms. The molecule has 0 fully saturated rings. The fraction of sp³-hybridized carbons (Fsp3) is 0.333. The minimum absolute atomic E-state index is 0.609. The molecule has 2 aromatic rings. The number of hydrogen-bond acceptors (Lipinski definition) is 4. The van der Waals surface area contributed by atoms with Gasteiger partial charge in [-0.15, -0.1) is 0 Å². The maximum atomic E-state index is 5.91. The summed E-state index contributed by atoms with van der Waals surface area (Å²) in [6, 6.07) is 15.0. The van der Waals surface area contributed by atoms with Gasteiger partial charge in [0.25, 0.3) is 0 Å². The standard InChI is InChI=1S/C21H26N2OS/c1-16(2)11-14-24-17-9-10-21-19(15-17)23(13-6-5-12-22)18-7-3-4-8-20(18)25-21/h3-4,7-11,15H,5-6,12-14,22H2,1-2H3. The lowest BCUT2D eigenvalue weighted by Gasteiger charge is -2.33. The zero-order chi connectivity index (χ0) is 17.6. The molecule has 3 nitrogen and oxygen atoms in total. The lowest BCUT2D eigenvalue weighted by molar-refractivity contribution is 0.362. The van der Waals surface area contributed by atoms with Gasteiger partial charge in [0.15, 0.2) is 0 Å². The Balaban J connectivity index is 1.88. The summed E-state index contributed by atoms with van der Waals surface area (Å²) in [7, 11) is 0. The Morgan fingerprint density at radius 2 is 1.88 bits per heavy atom. The molecule has 2 aromatic carbocycles. The maximum Gasteiger partial charge on any atom is 0.121 e. The molecule has 132 valence electrons. The molecule has 0 saturated heterocycles. The van der Waals surface area contributed by atoms with Crippen LogP contribution in [0.15, 0.2) is 63.9 Å². The normalized spacial score (nSPS) is 12.4. The van der Waals surface area contributed by atoms with Crippen molar-refractivity contribution in [1.29, 1.82) is 0 Å². The number of allylic oxidation sites excluding steroid dienone is 1. The molecule has 25 heavy (non-hydrogen) atoms. The second-order valence-electron chi connectivity index (χ2n) is 6.44. The first-order valence-corrected chi connectivity index (χ1v) is 9.65. The zero-order valence-electron chi connectivity index (χ0n) is 15.0. The van der Waals surface area contributed by atoms with Crippen molar-refractivity contribution in [1.82, 2.24) is 0 Å². The molecule has 2 N–H and O–H groups in total. The highest BCUT2D eigenvalue weighted by molar-refractivity contribution is 7.99. The molecule has 3 rings (SSSR count). The summed E-state index contributed by atoms with van der Waals surface area (Å²) >= 11 is 1.83. The first-order valence-electron chi connectivity index (χ1n) is 8.84. The van der Waals surface area contributed by atoms with Gasteiger partial charge in [-0.3, -0.25) is 0 Å². The fourth-order valence-electron chi connectivity index (χ4n) is 2.86. The van der Waals surface area contributed by atoms with E-state index in [2.05, 4.69) is 67.3 Å². The van der Waals surface area contributed by atoms with E-state index in [9.17, 15) is 0 Å². The third-order valence-electron chi connectivity index (χ3n) is 4.17. The van der Waals surface area contributed by atoms with Crippen LogP contribution in [0.3, 0.4) is 0 Å². The minimum atomic E-state index is 0.609. The molecular formula is C21H26N2OS. The van der Waals surface area contributed by atoms with Gasteiger partial charge in [-0.1, -0.05) is 29.5 Å². The number of ether oxygens (including phenoxy) is 1. The molecule has 0 aliphatic carbocycles. The van der Waals surface area contributed by atoms with Crippen LogP contribution in [0.25, 0.3) is 0 Å². The number of nitrogens with two attached hydrogens (primary N) is 1. The largest absolute Gasteiger partial charge is 0.489 e. The van der Waals surface area contributed by atoms with E-state index >= 15 is 0 Å². The highest BCUT2D eigenvalue weighted by atomic mass is 32.2. The predicted molar refractivity (Wildman–Crippen MR) is 107 cm³/mol. The van der Waals surface area contributed by atoms with Crippen molar-refractivity contribution < 1.29 is 4.74 Å². The Morgan fingerprint density at radius 3 is 2.68 bits per heavy atom. The number of para-hydroxylation sites is 1. The number of rotatable bonds is 7. The SMILES string of the molecule is CC(C)=CCOc1ccc2c(c1)N(CCCCN)c1ccccc1S2. The Bertz CT molecular complexity index is 753. The van der Waals surface area contributed by atoms with Crippen LogP contribution in [0.2, 0.25) is 0 Å². The molecule has 0 saturated carbocycles. The third-order valence-corrected chi connectivity index (χ3v) is 5.30. The van der Waals surface area contributed by atoms with Crippen molar-refractivity contribution in [3.05, 3.63) is 54.1 Å². The number of benzene rings is 2. The van der Waals surface area contributed by atoms with Gasteiger partial charge in [-0.25, -0.2) is 0 Å². The lowest BCUT2D eigenvalue weighted by atomic mass is 10.2. The van der Waals surface area contributed by atoms with E-state index in [1.54, 1.807) is 0 Å². The van der Waals surface area contributed by atoms with Gasteiger partial charge in [-0.2, -0.15) is 0 Å². The summed E-state index contributed by atoms with van der Waals surface area (Å²) in [4.78, 5) is 4.99. The number of unbranched alkanes of at least 4 members (excludes halogenated alkanes) is 1. The average Bonchev–Trinajstić information content (AvgIpc) is 2.61. The average molecular weight is 355 g/mol. The highest BCUT2D eigenvalue weighted by Crippen LogP contribution is 2.49. The van der Waals surface area contributed by atoms with Crippen molar-refractivity contribution in [3.63, 3.8) is 0 Å². The number of nitrogens with zero attached hydrogens (tertiary/aromatic N) is 1. The van der Waals surface area contributed by atoms with Crippen LogP contribution >= 0.6 is 11.8 Å². The van der Waals surface area contributed by atoms with Gasteiger partial charge in [0, 0.05) is 22.4 Å². The van der Waals surface area contributed by atoms with Crippen molar-refractivity contribution >= 4 is 23.1 Å². The van der Waals surface area contributed by atoms with Gasteiger partial charge in [0.05, 0.1) is 11.4 Å². The van der Waals surface area contributed by atoms with Crippen LogP contribution in [0.5, 0.6) is 5.75 Å². The Morgan fingerprint density at radius 1 is 1.08 bits per heavy atom. The number of anilines is 2. The second-order valence-corrected chi connectivity index (χ2v) is 7.52. The maximum absolute atomic E-state index is 5.91. The monoisotopic (exact) mass is 354 g/mol. The van der Waals surface area contributed by atoms with Crippen LogP contribution in [0.4, 0.5) is 11.4 Å². The van der Waals surface area contributed by atoms with Crippen LogP contribution < -0.4 is 15.4 Å². The first kappa shape index (κ1) is 17.9. The molecule has 0 amide bonds. The van der Waals surface area contributed by atoms with E-state index in [0.717, 1.165) is 31.7 Å². The molecule has 4 heteroatoms. The summed E-state index contributed by atoms with van der Waals surface area (Å²) < 4.78 is 5.91. The summed E-state index contributed by atoms with van der Waals surface area (Å²) in [6.07, 6.45) is 4.22. The first-order chi connectivity index (χ1) is 12.2. The van der Waals surface area contributed by atoms with Crippen molar-refractivity contribution in [2.45, 2.75) is 36.5 Å². The van der Waals surface area contributed by atoms with E-state index in [1.165, 1.54) is 26.7 Å². The van der Waals surface area contributed by atoms with Crippen molar-refractivity contribution in [3.8, 4) is 5.75 Å². The molecule has 1 aliphatic rings. The number of hydrogen-bond donors (Lipinski definition) is 1. The Hall–Kier alpha value is -1.91. The molecule has 0 radical (unpaired) electrons. The fourth-order valence-corrected chi connectivity index (χ4v) is 3.93. The smallest absolute Gasteiger partial charge is 0.121 e. The molecule has 0 bridgehead atoms. The molecular weight excluding hydrogens is 328 g/mol. The highest BCUT2D eigenvalue weighted by Gasteiger charge is 2.23. The van der Waals surface area contributed by atoms with Crippen molar-refractivity contribution in [2.24, 2.45) is 5.73 Å². The van der Waals surface area contributed by atoms with E-state index in [0.29, 0.717) is 6.61 Å². The molecule has 0 unspecified atom stereocenters.